The van der Waals surface area contributed by atoms with Gasteiger partial charge in [-0.2, -0.15) is 0 Å². The highest BCUT2D eigenvalue weighted by atomic mass is 32.5. The van der Waals surface area contributed by atoms with Gasteiger partial charge in [0.15, 0.2) is 0 Å². The maximum absolute atomic E-state index is 11.7. The Hall–Kier alpha value is -0.780. The highest BCUT2D eigenvalue weighted by Crippen LogP contribution is 2.39. The van der Waals surface area contributed by atoms with Crippen LogP contribution < -0.4 is 5.09 Å². The van der Waals surface area contributed by atoms with Gasteiger partial charge in [-0.25, -0.2) is 5.09 Å². The Morgan fingerprint density at radius 3 is 2.52 bits per heavy atom. The number of carbonyl (C=O) groups excluding carboxylic acids is 1. The molecule has 118 valence electrons. The van der Waals surface area contributed by atoms with Gasteiger partial charge >= 0.3 is 5.97 Å². The van der Waals surface area contributed by atoms with Crippen LogP contribution in [-0.2, 0) is 32.5 Å². The monoisotopic (exact) mass is 331 g/mol. The highest BCUT2D eigenvalue weighted by molar-refractivity contribution is 8.08. The van der Waals surface area contributed by atoms with Gasteiger partial charge in [0.25, 0.3) is 6.64 Å². The minimum absolute atomic E-state index is 0.192. The Kier molecular flexibility index (Phi) is 7.49. The Morgan fingerprint density at radius 1 is 1.38 bits per heavy atom. The number of methoxy groups -OCH3 is 1. The fourth-order valence-electron chi connectivity index (χ4n) is 1.79. The van der Waals surface area contributed by atoms with Crippen molar-refractivity contribution in [3.05, 3.63) is 35.9 Å². The fraction of sp³-hybridized carbons (Fsp3) is 0.500. The Labute approximate surface area is 130 Å². The summed E-state index contributed by atoms with van der Waals surface area (Å²) in [5.74, 6) is -0.194. The largest absolute Gasteiger partial charge is 0.468 e. The molecule has 0 radical (unpaired) electrons. The average Bonchev–Trinajstić information content (AvgIpc) is 2.44. The first-order chi connectivity index (χ1) is 9.84. The second kappa shape index (κ2) is 8.61. The van der Waals surface area contributed by atoms with Crippen LogP contribution in [0.3, 0.4) is 0 Å². The Morgan fingerprint density at radius 2 is 2.00 bits per heavy atom. The number of rotatable bonds is 8. The van der Waals surface area contributed by atoms with E-state index in [9.17, 15) is 9.69 Å². The molecule has 0 spiro atoms. The van der Waals surface area contributed by atoms with E-state index >= 15 is 0 Å². The first-order valence-electron chi connectivity index (χ1n) is 6.71. The van der Waals surface area contributed by atoms with Crippen LogP contribution >= 0.6 is 6.64 Å². The summed E-state index contributed by atoms with van der Waals surface area (Å²) in [5.41, 5.74) is 0.904. The molecule has 2 unspecified atom stereocenters. The number of hydrogen-bond donors (Lipinski definition) is 2. The molecule has 0 aliphatic carbocycles. The SMILES string of the molecule is COC(=O)C(CC(C)C)NP(O)(=S)OCc1ccccc1. The number of benzene rings is 1. The van der Waals surface area contributed by atoms with Gasteiger partial charge in [-0.1, -0.05) is 44.2 Å². The van der Waals surface area contributed by atoms with E-state index in [0.717, 1.165) is 5.56 Å². The van der Waals surface area contributed by atoms with Crippen LogP contribution in [0.15, 0.2) is 30.3 Å². The van der Waals surface area contributed by atoms with Crippen molar-refractivity contribution in [2.24, 2.45) is 5.92 Å². The lowest BCUT2D eigenvalue weighted by atomic mass is 10.1. The van der Waals surface area contributed by atoms with Crippen molar-refractivity contribution in [3.63, 3.8) is 0 Å². The van der Waals surface area contributed by atoms with Crippen molar-refractivity contribution < 1.29 is 18.9 Å². The van der Waals surface area contributed by atoms with Crippen molar-refractivity contribution in [3.8, 4) is 0 Å². The summed E-state index contributed by atoms with van der Waals surface area (Å²) in [7, 11) is 1.31. The van der Waals surface area contributed by atoms with Gasteiger partial charge in [0.1, 0.15) is 6.04 Å². The zero-order valence-electron chi connectivity index (χ0n) is 12.5. The standard InChI is InChI=1S/C14H22NO4PS/c1-11(2)9-13(14(16)18-3)15-20(17,21)19-10-12-7-5-4-6-8-12/h4-8,11,13H,9-10H2,1-3H3,(H2,15,17,21). The summed E-state index contributed by atoms with van der Waals surface area (Å²) in [4.78, 5) is 21.9. The molecule has 0 bridgehead atoms. The summed E-state index contributed by atoms with van der Waals surface area (Å²) in [6.07, 6.45) is 0.514. The molecule has 0 amide bonds. The molecular formula is C14H22NO4PS. The van der Waals surface area contributed by atoms with Gasteiger partial charge in [0, 0.05) is 0 Å². The smallest absolute Gasteiger partial charge is 0.323 e. The molecule has 0 aliphatic heterocycles. The summed E-state index contributed by atoms with van der Waals surface area (Å²) in [5, 5.41) is 2.73. The van der Waals surface area contributed by atoms with E-state index in [1.165, 1.54) is 7.11 Å². The number of ether oxygens (including phenoxy) is 1. The minimum atomic E-state index is -3.25. The molecule has 0 fully saturated rings. The van der Waals surface area contributed by atoms with Gasteiger partial charge < -0.3 is 14.2 Å². The number of hydrogen-bond acceptors (Lipinski definition) is 4. The van der Waals surface area contributed by atoms with Crippen LogP contribution in [0.2, 0.25) is 0 Å². The van der Waals surface area contributed by atoms with Gasteiger partial charge in [-0.3, -0.25) is 4.79 Å². The number of nitrogens with one attached hydrogen (secondary N) is 1. The maximum Gasteiger partial charge on any atom is 0.323 e. The molecule has 2 atom stereocenters. The van der Waals surface area contributed by atoms with Crippen LogP contribution in [0.5, 0.6) is 0 Å². The first kappa shape index (κ1) is 18.3. The van der Waals surface area contributed by atoms with E-state index in [1.54, 1.807) is 0 Å². The molecule has 1 aromatic rings. The molecule has 1 rings (SSSR count). The van der Waals surface area contributed by atoms with Gasteiger partial charge in [0.2, 0.25) is 0 Å². The molecule has 1 aromatic carbocycles. The molecule has 0 saturated carbocycles. The number of carbonyl (C=O) groups is 1. The molecule has 7 heteroatoms. The van der Waals surface area contributed by atoms with Gasteiger partial charge in [-0.15, -0.1) is 0 Å². The average molecular weight is 331 g/mol. The van der Waals surface area contributed by atoms with E-state index in [-0.39, 0.29) is 12.5 Å². The van der Waals surface area contributed by atoms with Crippen LogP contribution in [0.25, 0.3) is 0 Å². The van der Waals surface area contributed by atoms with Crippen molar-refractivity contribution in [1.29, 1.82) is 0 Å². The van der Waals surface area contributed by atoms with Crippen molar-refractivity contribution in [1.82, 2.24) is 5.09 Å². The highest BCUT2D eigenvalue weighted by Gasteiger charge is 2.27. The lowest BCUT2D eigenvalue weighted by Crippen LogP contribution is -2.37. The van der Waals surface area contributed by atoms with Gasteiger partial charge in [-0.05, 0) is 29.7 Å². The summed E-state index contributed by atoms with van der Waals surface area (Å²) >= 11 is 5.06. The Bertz CT molecular complexity index is 495. The van der Waals surface area contributed by atoms with Crippen LogP contribution in [0, 0.1) is 5.92 Å². The van der Waals surface area contributed by atoms with Crippen molar-refractivity contribution in [2.45, 2.75) is 32.9 Å². The van der Waals surface area contributed by atoms with E-state index < -0.39 is 18.7 Å². The minimum Gasteiger partial charge on any atom is -0.468 e. The van der Waals surface area contributed by atoms with E-state index in [1.807, 2.05) is 44.2 Å². The Balaban J connectivity index is 2.63. The maximum atomic E-state index is 11.7. The normalized spacial score (nSPS) is 15.5. The third kappa shape index (κ3) is 7.16. The predicted molar refractivity (Wildman–Crippen MR) is 86.1 cm³/mol. The molecule has 0 aromatic heterocycles. The molecule has 2 N–H and O–H groups in total. The lowest BCUT2D eigenvalue weighted by molar-refractivity contribution is -0.143. The second-order valence-electron chi connectivity index (χ2n) is 5.11. The van der Waals surface area contributed by atoms with Crippen LogP contribution in [0.1, 0.15) is 25.8 Å². The van der Waals surface area contributed by atoms with Gasteiger partial charge in [0.05, 0.1) is 13.7 Å². The molecule has 5 nitrogen and oxygen atoms in total. The van der Waals surface area contributed by atoms with Crippen molar-refractivity contribution in [2.75, 3.05) is 7.11 Å². The lowest BCUT2D eigenvalue weighted by Gasteiger charge is -2.24. The topological polar surface area (TPSA) is 67.8 Å². The number of esters is 1. The molecule has 0 heterocycles. The van der Waals surface area contributed by atoms with E-state index in [4.69, 9.17) is 21.1 Å². The van der Waals surface area contributed by atoms with Crippen LogP contribution in [0.4, 0.5) is 0 Å². The summed E-state index contributed by atoms with van der Waals surface area (Å²) in [6.45, 7) is 0.888. The predicted octanol–water partition coefficient (Wildman–Crippen LogP) is 2.60. The molecule has 0 aliphatic rings. The zero-order chi connectivity index (χ0) is 15.9. The van der Waals surface area contributed by atoms with E-state index in [2.05, 4.69) is 5.09 Å². The second-order valence-corrected chi connectivity index (χ2v) is 8.16. The quantitative estimate of drug-likeness (QED) is 0.564. The van der Waals surface area contributed by atoms with Crippen molar-refractivity contribution >= 4 is 24.4 Å². The molecule has 21 heavy (non-hydrogen) atoms. The third-order valence-corrected chi connectivity index (χ3v) is 4.51. The summed E-state index contributed by atoms with van der Waals surface area (Å²) in [6, 6.07) is 8.74. The third-order valence-electron chi connectivity index (χ3n) is 2.76. The molecular weight excluding hydrogens is 309 g/mol. The summed E-state index contributed by atoms with van der Waals surface area (Å²) < 4.78 is 10.1. The van der Waals surface area contributed by atoms with E-state index in [0.29, 0.717) is 6.42 Å². The molecule has 0 saturated heterocycles. The van der Waals surface area contributed by atoms with Crippen LogP contribution in [-0.4, -0.2) is 24.0 Å². The first-order valence-corrected chi connectivity index (χ1v) is 9.38. The fourth-order valence-corrected chi connectivity index (χ4v) is 3.33. The zero-order valence-corrected chi connectivity index (χ0v) is 14.2.